The number of nitrogens with one attached hydrogen (secondary N) is 3. The van der Waals surface area contributed by atoms with Gasteiger partial charge in [0.25, 0.3) is 22.9 Å². The second kappa shape index (κ2) is 19.9. The lowest BCUT2D eigenvalue weighted by Gasteiger charge is -2.37. The van der Waals surface area contributed by atoms with Gasteiger partial charge in [0.05, 0.1) is 46.4 Å². The number of carbonyl (C=O) groups excluding carboxylic acids is 4. The standard InChI is InChI=1S/C53H56FN11O7/c1-31(60(2)21-18-55-40-8-4-7-37-47(40)52(71)65(50(37)69)43-13-15-45(67)59-49(43)68)16-19-62-22-24-63(25-23-62)35-12-14-44(56-28-35)58-48-53(72)61(3)29-41(57-48)36-6-5-9-42(38(36)30-66)64-20-17-33-26-34(32-10-11-32)27-39(54)46(33)51(64)70/h4-9,12,14,17,20,26-29,31-32,43,55,66H,10-11,13,15-16,18-19,21-25,30H2,1-3H3,(H,56,57,58)(H,59,67,68). The Hall–Kier alpha value is -7.61. The number of imide groups is 2. The summed E-state index contributed by atoms with van der Waals surface area (Å²) in [5.41, 5.74) is 3.57. The van der Waals surface area contributed by atoms with Crippen LogP contribution in [0.3, 0.4) is 0 Å². The van der Waals surface area contributed by atoms with E-state index in [0.717, 1.165) is 68.1 Å². The molecular weight excluding hydrogens is 922 g/mol. The molecule has 18 nitrogen and oxygen atoms in total. The molecule has 1 aliphatic carbocycles. The SMILES string of the molecule is CC(CCN1CCN(c2ccc(Nc3nc(-c4cccc(-n5ccc6cc(C7CC7)cc(F)c6c5=O)c4CO)cn(C)c3=O)nc2)CC1)N(C)CCNc1cccc2c1C(=O)N(C1CCC(=O)NC1=O)C2=O. The highest BCUT2D eigenvalue weighted by Crippen LogP contribution is 2.41. The third kappa shape index (κ3) is 9.37. The predicted molar refractivity (Wildman–Crippen MR) is 270 cm³/mol. The van der Waals surface area contributed by atoms with Gasteiger partial charge >= 0.3 is 0 Å². The number of rotatable bonds is 16. The lowest BCUT2D eigenvalue weighted by Crippen LogP contribution is -2.54. The number of amides is 4. The van der Waals surface area contributed by atoms with Gasteiger partial charge in [0.15, 0.2) is 5.82 Å². The van der Waals surface area contributed by atoms with Gasteiger partial charge in [-0.05, 0) is 106 Å². The average molecular weight is 978 g/mol. The van der Waals surface area contributed by atoms with E-state index in [-0.39, 0.29) is 46.8 Å². The fourth-order valence-electron chi connectivity index (χ4n) is 10.1. The number of pyridine rings is 2. The van der Waals surface area contributed by atoms with Crippen LogP contribution >= 0.6 is 0 Å². The molecule has 19 heteroatoms. The second-order valence-electron chi connectivity index (χ2n) is 19.2. The van der Waals surface area contributed by atoms with Gasteiger partial charge in [-0.15, -0.1) is 0 Å². The summed E-state index contributed by atoms with van der Waals surface area (Å²) in [6.45, 7) is 7.23. The van der Waals surface area contributed by atoms with Crippen LogP contribution < -0.4 is 32.0 Å². The third-order valence-electron chi connectivity index (χ3n) is 14.5. The maximum Gasteiger partial charge on any atom is 0.293 e. The molecule has 6 aromatic rings. The molecule has 3 aliphatic heterocycles. The number of aliphatic hydroxyl groups excluding tert-OH is 1. The van der Waals surface area contributed by atoms with E-state index in [9.17, 15) is 33.9 Å². The summed E-state index contributed by atoms with van der Waals surface area (Å²) >= 11 is 0. The van der Waals surface area contributed by atoms with Crippen LogP contribution in [-0.2, 0) is 23.2 Å². The van der Waals surface area contributed by atoms with E-state index in [1.807, 2.05) is 12.1 Å². The average Bonchev–Trinajstić information content (AvgIpc) is 4.20. The molecule has 3 aromatic carbocycles. The van der Waals surface area contributed by atoms with Crippen LogP contribution in [0, 0.1) is 5.82 Å². The van der Waals surface area contributed by atoms with E-state index in [1.165, 1.54) is 15.2 Å². The lowest BCUT2D eigenvalue weighted by atomic mass is 10.0. The molecule has 4 N–H and O–H groups in total. The Morgan fingerprint density at radius 3 is 2.43 bits per heavy atom. The predicted octanol–water partition coefficient (Wildman–Crippen LogP) is 4.74. The van der Waals surface area contributed by atoms with Gasteiger partial charge in [-0.2, -0.15) is 0 Å². The summed E-state index contributed by atoms with van der Waals surface area (Å²) in [5, 5.41) is 19.9. The zero-order valence-electron chi connectivity index (χ0n) is 40.4. The van der Waals surface area contributed by atoms with Crippen molar-refractivity contribution in [3.05, 3.63) is 134 Å². The van der Waals surface area contributed by atoms with Crippen LogP contribution in [0.4, 0.5) is 27.4 Å². The number of benzene rings is 3. The molecule has 3 aromatic heterocycles. The van der Waals surface area contributed by atoms with Crippen LogP contribution in [0.2, 0.25) is 0 Å². The zero-order chi connectivity index (χ0) is 50.4. The molecule has 6 heterocycles. The number of carbonyl (C=O) groups is 4. The molecule has 2 atom stereocenters. The number of fused-ring (bicyclic) bond motifs is 2. The molecule has 3 fully saturated rings. The van der Waals surface area contributed by atoms with Crippen molar-refractivity contribution >= 4 is 57.4 Å². The van der Waals surface area contributed by atoms with Crippen molar-refractivity contribution in [3.8, 4) is 16.9 Å². The molecule has 2 saturated heterocycles. The first-order valence-electron chi connectivity index (χ1n) is 24.4. The monoisotopic (exact) mass is 977 g/mol. The summed E-state index contributed by atoms with van der Waals surface area (Å²) in [7, 11) is 3.67. The van der Waals surface area contributed by atoms with Gasteiger partial charge in [0.1, 0.15) is 17.7 Å². The quantitative estimate of drug-likeness (QED) is 0.0967. The lowest BCUT2D eigenvalue weighted by molar-refractivity contribution is -0.136. The number of aryl methyl sites for hydroxylation is 1. The number of halogens is 1. The Balaban J connectivity index is 0.721. The maximum atomic E-state index is 15.4. The minimum atomic E-state index is -1.02. The van der Waals surface area contributed by atoms with Gasteiger partial charge in [-0.3, -0.25) is 48.5 Å². The van der Waals surface area contributed by atoms with E-state index in [2.05, 4.69) is 54.6 Å². The number of piperazine rings is 1. The van der Waals surface area contributed by atoms with Crippen LogP contribution in [0.15, 0.2) is 94.9 Å². The number of anilines is 4. The van der Waals surface area contributed by atoms with E-state index >= 15 is 4.39 Å². The van der Waals surface area contributed by atoms with E-state index in [4.69, 9.17) is 0 Å². The van der Waals surface area contributed by atoms with Crippen LogP contribution in [-0.4, -0.2) is 127 Å². The van der Waals surface area contributed by atoms with Crippen LogP contribution in [0.25, 0.3) is 27.7 Å². The topological polar surface area (TPSA) is 207 Å². The molecule has 372 valence electrons. The van der Waals surface area contributed by atoms with Crippen molar-refractivity contribution < 1.29 is 28.7 Å². The largest absolute Gasteiger partial charge is 0.392 e. The number of hydrogen-bond acceptors (Lipinski definition) is 14. The number of aliphatic hydroxyl groups is 1. The van der Waals surface area contributed by atoms with Gasteiger partial charge in [0, 0.05) is 88.0 Å². The summed E-state index contributed by atoms with van der Waals surface area (Å²) in [5.74, 6) is -1.91. The molecule has 4 aliphatic rings. The number of likely N-dealkylation sites (N-methyl/N-ethyl adjacent to an activating group) is 1. The van der Waals surface area contributed by atoms with Gasteiger partial charge < -0.3 is 30.1 Å². The fraction of sp³-hybridized carbons (Fsp3) is 0.358. The molecule has 72 heavy (non-hydrogen) atoms. The molecule has 2 unspecified atom stereocenters. The van der Waals surface area contributed by atoms with Crippen molar-refractivity contribution in [2.45, 2.75) is 63.6 Å². The molecule has 0 radical (unpaired) electrons. The fourth-order valence-corrected chi connectivity index (χ4v) is 10.1. The number of nitrogens with zero attached hydrogens (tertiary/aromatic N) is 8. The Bertz CT molecular complexity index is 3260. The second-order valence-corrected chi connectivity index (χ2v) is 19.2. The zero-order valence-corrected chi connectivity index (χ0v) is 40.4. The van der Waals surface area contributed by atoms with Crippen molar-refractivity contribution in [2.75, 3.05) is 68.4 Å². The first-order chi connectivity index (χ1) is 34.8. The Kier molecular flexibility index (Phi) is 13.3. The molecule has 10 rings (SSSR count). The van der Waals surface area contributed by atoms with E-state index in [1.54, 1.807) is 74.2 Å². The van der Waals surface area contributed by atoms with E-state index < -0.39 is 47.7 Å². The first-order valence-corrected chi connectivity index (χ1v) is 24.4. The van der Waals surface area contributed by atoms with Gasteiger partial charge in [-0.25, -0.2) is 14.4 Å². The third-order valence-corrected chi connectivity index (χ3v) is 14.5. The summed E-state index contributed by atoms with van der Waals surface area (Å²) < 4.78 is 18.2. The first kappa shape index (κ1) is 48.0. The maximum absolute atomic E-state index is 15.4. The van der Waals surface area contributed by atoms with Crippen molar-refractivity contribution in [1.29, 1.82) is 0 Å². The number of piperidine rings is 1. The number of hydrogen-bond donors (Lipinski definition) is 4. The van der Waals surface area contributed by atoms with E-state index in [0.29, 0.717) is 58.4 Å². The normalized spacial score (nSPS) is 17.7. The minimum Gasteiger partial charge on any atom is -0.392 e. The molecule has 4 amide bonds. The van der Waals surface area contributed by atoms with Gasteiger partial charge in [0.2, 0.25) is 11.8 Å². The van der Waals surface area contributed by atoms with Crippen LogP contribution in [0.1, 0.15) is 76.8 Å². The van der Waals surface area contributed by atoms with Crippen molar-refractivity contribution in [1.82, 2.24) is 39.1 Å². The Morgan fingerprint density at radius 1 is 0.917 bits per heavy atom. The van der Waals surface area contributed by atoms with Crippen molar-refractivity contribution in [3.63, 3.8) is 0 Å². The summed E-state index contributed by atoms with van der Waals surface area (Å²) in [6, 6.07) is 18.3. The molecular formula is C53H56FN11O7. The Morgan fingerprint density at radius 2 is 1.69 bits per heavy atom. The smallest absolute Gasteiger partial charge is 0.293 e. The summed E-state index contributed by atoms with van der Waals surface area (Å²) in [6.07, 6.45) is 8.06. The highest BCUT2D eigenvalue weighted by atomic mass is 19.1. The Labute approximate surface area is 414 Å². The van der Waals surface area contributed by atoms with Crippen molar-refractivity contribution in [2.24, 2.45) is 7.05 Å². The van der Waals surface area contributed by atoms with Crippen LogP contribution in [0.5, 0.6) is 0 Å². The highest BCUT2D eigenvalue weighted by Gasteiger charge is 2.45. The number of aromatic nitrogens is 4. The minimum absolute atomic E-state index is 0.0157. The molecule has 0 spiro atoms. The molecule has 0 bridgehead atoms. The highest BCUT2D eigenvalue weighted by molar-refractivity contribution is 6.25. The molecule has 1 saturated carbocycles. The summed E-state index contributed by atoms with van der Waals surface area (Å²) in [4.78, 5) is 95.4. The van der Waals surface area contributed by atoms with Gasteiger partial charge in [-0.1, -0.05) is 24.3 Å².